The predicted molar refractivity (Wildman–Crippen MR) is 133 cm³/mol. The Bertz CT molecular complexity index is 1180. The number of benzene rings is 2. The minimum atomic E-state index is -0.480. The Hall–Kier alpha value is -3.48. The molecule has 0 bridgehead atoms. The van der Waals surface area contributed by atoms with Gasteiger partial charge in [0.2, 0.25) is 0 Å². The summed E-state index contributed by atoms with van der Waals surface area (Å²) < 4.78 is 5.26. The molecule has 0 saturated carbocycles. The summed E-state index contributed by atoms with van der Waals surface area (Å²) in [6.07, 6.45) is 0.766. The fraction of sp³-hybridized carbons (Fsp3) is 0.407. The molecule has 2 heterocycles. The first-order valence-electron chi connectivity index (χ1n) is 11.9. The molecule has 1 saturated heterocycles. The van der Waals surface area contributed by atoms with E-state index in [-0.39, 0.29) is 23.6 Å². The third-order valence-electron chi connectivity index (χ3n) is 6.10. The fourth-order valence-corrected chi connectivity index (χ4v) is 4.18. The van der Waals surface area contributed by atoms with E-state index >= 15 is 0 Å². The Balaban J connectivity index is 1.55. The van der Waals surface area contributed by atoms with Crippen LogP contribution in [0.2, 0.25) is 0 Å². The van der Waals surface area contributed by atoms with Gasteiger partial charge in [-0.2, -0.15) is 0 Å². The smallest absolute Gasteiger partial charge is 0.360 e. The standard InChI is InChI=1S/C27H32N4O3/c1-5-34-26(33)23-24(29-22-10-7-6-9-21(22)28-23)30-15-8-16-31(18-17-30)25(32)19-11-13-20(14-12-19)27(2,3)4/h6-7,9-14H,5,8,15-18H2,1-4H3. The van der Waals surface area contributed by atoms with Gasteiger partial charge in [-0.3, -0.25) is 4.79 Å². The molecule has 0 atom stereocenters. The first-order valence-corrected chi connectivity index (χ1v) is 11.9. The summed E-state index contributed by atoms with van der Waals surface area (Å²) in [5, 5.41) is 0. The van der Waals surface area contributed by atoms with E-state index in [1.54, 1.807) is 6.92 Å². The number of hydrogen-bond acceptors (Lipinski definition) is 6. The molecule has 1 fully saturated rings. The molecular formula is C27H32N4O3. The van der Waals surface area contributed by atoms with Gasteiger partial charge < -0.3 is 14.5 Å². The zero-order valence-corrected chi connectivity index (χ0v) is 20.4. The van der Waals surface area contributed by atoms with Crippen LogP contribution in [-0.4, -0.2) is 59.5 Å². The number of nitrogens with zero attached hydrogens (tertiary/aromatic N) is 4. The summed E-state index contributed by atoms with van der Waals surface area (Å²) >= 11 is 0. The summed E-state index contributed by atoms with van der Waals surface area (Å²) in [6.45, 7) is 10.9. The van der Waals surface area contributed by atoms with Crippen LogP contribution in [0, 0.1) is 0 Å². The van der Waals surface area contributed by atoms with Crippen LogP contribution in [0.25, 0.3) is 11.0 Å². The Morgan fingerprint density at radius 1 is 0.912 bits per heavy atom. The molecule has 0 aliphatic carbocycles. The molecule has 0 N–H and O–H groups in total. The molecule has 1 aliphatic rings. The number of aromatic nitrogens is 2. The lowest BCUT2D eigenvalue weighted by atomic mass is 9.86. The van der Waals surface area contributed by atoms with Gasteiger partial charge in [0.15, 0.2) is 11.5 Å². The Morgan fingerprint density at radius 3 is 2.24 bits per heavy atom. The van der Waals surface area contributed by atoms with Gasteiger partial charge in [-0.25, -0.2) is 14.8 Å². The average Bonchev–Trinajstić information content (AvgIpc) is 3.09. The minimum Gasteiger partial charge on any atom is -0.461 e. The summed E-state index contributed by atoms with van der Waals surface area (Å²) in [6, 6.07) is 15.4. The molecular weight excluding hydrogens is 428 g/mol. The quantitative estimate of drug-likeness (QED) is 0.535. The Labute approximate surface area is 200 Å². The number of anilines is 1. The van der Waals surface area contributed by atoms with Gasteiger partial charge in [0, 0.05) is 31.7 Å². The lowest BCUT2D eigenvalue weighted by molar-refractivity contribution is 0.0520. The third-order valence-corrected chi connectivity index (χ3v) is 6.10. The van der Waals surface area contributed by atoms with Gasteiger partial charge in [-0.15, -0.1) is 0 Å². The SMILES string of the molecule is CCOC(=O)c1nc2ccccc2nc1N1CCCN(C(=O)c2ccc(C(C)(C)C)cc2)CC1. The molecule has 178 valence electrons. The predicted octanol–water partition coefficient (Wildman–Crippen LogP) is 4.46. The van der Waals surface area contributed by atoms with E-state index in [0.717, 1.165) is 11.9 Å². The van der Waals surface area contributed by atoms with Crippen molar-refractivity contribution in [3.05, 3.63) is 65.4 Å². The average molecular weight is 461 g/mol. The number of ether oxygens (including phenoxy) is 1. The van der Waals surface area contributed by atoms with Crippen LogP contribution in [0.1, 0.15) is 60.5 Å². The van der Waals surface area contributed by atoms with Crippen LogP contribution in [0.15, 0.2) is 48.5 Å². The van der Waals surface area contributed by atoms with E-state index in [1.165, 1.54) is 5.56 Å². The first-order chi connectivity index (χ1) is 16.3. The van der Waals surface area contributed by atoms with Gasteiger partial charge in [0.1, 0.15) is 0 Å². The first kappa shape index (κ1) is 23.7. The van der Waals surface area contributed by atoms with Gasteiger partial charge >= 0.3 is 5.97 Å². The van der Waals surface area contributed by atoms with Gasteiger partial charge in [0.05, 0.1) is 17.6 Å². The molecule has 1 aliphatic heterocycles. The van der Waals surface area contributed by atoms with Crippen LogP contribution in [0.5, 0.6) is 0 Å². The second-order valence-corrected chi connectivity index (χ2v) is 9.57. The number of esters is 1. The number of para-hydroxylation sites is 2. The van der Waals surface area contributed by atoms with Crippen LogP contribution in [0.4, 0.5) is 5.82 Å². The number of rotatable bonds is 4. The summed E-state index contributed by atoms with van der Waals surface area (Å²) in [4.78, 5) is 39.1. The van der Waals surface area contributed by atoms with Crippen molar-refractivity contribution in [3.8, 4) is 0 Å². The van der Waals surface area contributed by atoms with Crippen LogP contribution >= 0.6 is 0 Å². The molecule has 3 aromatic rings. The molecule has 34 heavy (non-hydrogen) atoms. The highest BCUT2D eigenvalue weighted by molar-refractivity contribution is 5.96. The number of amides is 1. The Morgan fingerprint density at radius 2 is 1.59 bits per heavy atom. The van der Waals surface area contributed by atoms with Crippen molar-refractivity contribution in [3.63, 3.8) is 0 Å². The molecule has 0 unspecified atom stereocenters. The zero-order chi connectivity index (χ0) is 24.3. The van der Waals surface area contributed by atoms with E-state index in [9.17, 15) is 9.59 Å². The number of carbonyl (C=O) groups excluding carboxylic acids is 2. The summed E-state index contributed by atoms with van der Waals surface area (Å²) in [5.41, 5.74) is 3.54. The minimum absolute atomic E-state index is 0.0255. The number of carbonyl (C=O) groups is 2. The van der Waals surface area contributed by atoms with Crippen molar-refractivity contribution in [1.82, 2.24) is 14.9 Å². The summed E-state index contributed by atoms with van der Waals surface area (Å²) in [7, 11) is 0. The van der Waals surface area contributed by atoms with Gasteiger partial charge in [-0.1, -0.05) is 45.0 Å². The van der Waals surface area contributed by atoms with Crippen molar-refractivity contribution < 1.29 is 14.3 Å². The molecule has 7 heteroatoms. The lowest BCUT2D eigenvalue weighted by Crippen LogP contribution is -2.36. The second kappa shape index (κ2) is 9.79. The Kier molecular flexibility index (Phi) is 6.82. The second-order valence-electron chi connectivity index (χ2n) is 9.57. The molecule has 1 amide bonds. The van der Waals surface area contributed by atoms with Crippen molar-refractivity contribution >= 4 is 28.7 Å². The lowest BCUT2D eigenvalue weighted by Gasteiger charge is -2.24. The van der Waals surface area contributed by atoms with E-state index in [0.29, 0.717) is 43.1 Å². The molecule has 4 rings (SSSR count). The van der Waals surface area contributed by atoms with Crippen molar-refractivity contribution in [2.75, 3.05) is 37.7 Å². The topological polar surface area (TPSA) is 75.6 Å². The van der Waals surface area contributed by atoms with E-state index in [2.05, 4.69) is 25.8 Å². The van der Waals surface area contributed by atoms with Crippen molar-refractivity contribution in [1.29, 1.82) is 0 Å². The molecule has 2 aromatic carbocycles. The fourth-order valence-electron chi connectivity index (χ4n) is 4.18. The van der Waals surface area contributed by atoms with Crippen LogP contribution in [-0.2, 0) is 10.2 Å². The maximum Gasteiger partial charge on any atom is 0.360 e. The van der Waals surface area contributed by atoms with E-state index in [1.807, 2.05) is 58.3 Å². The highest BCUT2D eigenvalue weighted by atomic mass is 16.5. The maximum atomic E-state index is 13.2. The highest BCUT2D eigenvalue weighted by Gasteiger charge is 2.26. The van der Waals surface area contributed by atoms with E-state index in [4.69, 9.17) is 9.72 Å². The molecule has 0 spiro atoms. The van der Waals surface area contributed by atoms with Crippen LogP contribution < -0.4 is 4.90 Å². The molecule has 0 radical (unpaired) electrons. The van der Waals surface area contributed by atoms with Crippen molar-refractivity contribution in [2.45, 2.75) is 39.5 Å². The third kappa shape index (κ3) is 5.03. The molecule has 1 aromatic heterocycles. The van der Waals surface area contributed by atoms with Crippen LogP contribution in [0.3, 0.4) is 0 Å². The largest absolute Gasteiger partial charge is 0.461 e. The van der Waals surface area contributed by atoms with Gasteiger partial charge in [0.25, 0.3) is 5.91 Å². The maximum absolute atomic E-state index is 13.2. The summed E-state index contributed by atoms with van der Waals surface area (Å²) in [5.74, 6) is 0.0605. The zero-order valence-electron chi connectivity index (χ0n) is 20.4. The normalized spacial score (nSPS) is 14.7. The molecule has 7 nitrogen and oxygen atoms in total. The monoisotopic (exact) mass is 460 g/mol. The number of fused-ring (bicyclic) bond motifs is 1. The van der Waals surface area contributed by atoms with E-state index < -0.39 is 5.97 Å². The number of hydrogen-bond donors (Lipinski definition) is 0. The highest BCUT2D eigenvalue weighted by Crippen LogP contribution is 2.25. The van der Waals surface area contributed by atoms with Gasteiger partial charge in [-0.05, 0) is 48.6 Å². The van der Waals surface area contributed by atoms with Crippen molar-refractivity contribution in [2.24, 2.45) is 0 Å².